The van der Waals surface area contributed by atoms with Crippen LogP contribution >= 0.6 is 0 Å². The van der Waals surface area contributed by atoms with E-state index in [1.165, 1.54) is 6.07 Å². The topological polar surface area (TPSA) is 33.2 Å². The molecule has 2 rings (SSSR count). The van der Waals surface area contributed by atoms with Crippen molar-refractivity contribution in [3.8, 4) is 0 Å². The van der Waals surface area contributed by atoms with Crippen LogP contribution in [0.3, 0.4) is 0 Å². The molecule has 0 aliphatic heterocycles. The lowest BCUT2D eigenvalue weighted by atomic mass is 10.2. The van der Waals surface area contributed by atoms with Crippen molar-refractivity contribution in [3.05, 3.63) is 65.5 Å². The van der Waals surface area contributed by atoms with Crippen LogP contribution in [0, 0.1) is 6.92 Å². The maximum absolute atomic E-state index is 12.7. The molecular formula is C16H15F3N2O. The number of nitrogens with zero attached hydrogens (tertiary/aromatic N) is 2. The maximum atomic E-state index is 12.7. The molecule has 1 heterocycles. The van der Waals surface area contributed by atoms with Crippen LogP contribution in [0.1, 0.15) is 21.7 Å². The zero-order valence-electron chi connectivity index (χ0n) is 12.0. The normalized spacial score (nSPS) is 11.3. The number of hydrogen-bond donors (Lipinski definition) is 0. The summed E-state index contributed by atoms with van der Waals surface area (Å²) in [7, 11) is 0. The summed E-state index contributed by atoms with van der Waals surface area (Å²) >= 11 is 0. The van der Waals surface area contributed by atoms with E-state index in [4.69, 9.17) is 0 Å². The van der Waals surface area contributed by atoms with Crippen LogP contribution in [0.25, 0.3) is 0 Å². The van der Waals surface area contributed by atoms with Gasteiger partial charge in [-0.2, -0.15) is 13.2 Å². The Balaban J connectivity index is 2.25. The highest BCUT2D eigenvalue weighted by Gasteiger charge is 2.33. The molecule has 116 valence electrons. The van der Waals surface area contributed by atoms with Crippen LogP contribution in [0.15, 0.2) is 48.5 Å². The van der Waals surface area contributed by atoms with E-state index in [1.807, 2.05) is 0 Å². The van der Waals surface area contributed by atoms with Crippen molar-refractivity contribution >= 4 is 5.91 Å². The molecule has 0 aliphatic rings. The fourth-order valence-corrected chi connectivity index (χ4v) is 2.04. The second-order valence-corrected chi connectivity index (χ2v) is 4.93. The summed E-state index contributed by atoms with van der Waals surface area (Å²) in [4.78, 5) is 17.1. The lowest BCUT2D eigenvalue weighted by Gasteiger charge is -2.24. The van der Waals surface area contributed by atoms with Crippen molar-refractivity contribution in [1.82, 2.24) is 9.88 Å². The first kappa shape index (κ1) is 16.0. The molecule has 0 saturated heterocycles. The summed E-state index contributed by atoms with van der Waals surface area (Å²) in [6.45, 7) is 0.257. The lowest BCUT2D eigenvalue weighted by molar-refractivity contribution is -0.141. The summed E-state index contributed by atoms with van der Waals surface area (Å²) in [6.07, 6.45) is -4.46. The molecule has 1 aromatic heterocycles. The molecule has 0 radical (unpaired) electrons. The molecule has 1 aromatic carbocycles. The van der Waals surface area contributed by atoms with Gasteiger partial charge in [-0.1, -0.05) is 36.4 Å². The van der Waals surface area contributed by atoms with E-state index in [2.05, 4.69) is 4.98 Å². The average molecular weight is 308 g/mol. The predicted octanol–water partition coefficient (Wildman–Crippen LogP) is 3.59. The Bertz CT molecular complexity index is 641. The Labute approximate surface area is 126 Å². The van der Waals surface area contributed by atoms with Gasteiger partial charge in [-0.05, 0) is 24.6 Å². The van der Waals surface area contributed by atoms with Gasteiger partial charge in [0.25, 0.3) is 5.91 Å². The Morgan fingerprint density at radius 1 is 1.09 bits per heavy atom. The quantitative estimate of drug-likeness (QED) is 0.864. The number of amides is 1. The Morgan fingerprint density at radius 2 is 1.77 bits per heavy atom. The number of aromatic nitrogens is 1. The van der Waals surface area contributed by atoms with E-state index in [-0.39, 0.29) is 12.2 Å². The van der Waals surface area contributed by atoms with Crippen LogP contribution in [0.5, 0.6) is 0 Å². The van der Waals surface area contributed by atoms with Crippen LogP contribution in [-0.4, -0.2) is 28.5 Å². The summed E-state index contributed by atoms with van der Waals surface area (Å²) in [5.74, 6) is -0.732. The number of halogens is 3. The van der Waals surface area contributed by atoms with Gasteiger partial charge in [-0.15, -0.1) is 0 Å². The van der Waals surface area contributed by atoms with Gasteiger partial charge in [0.05, 0.1) is 0 Å². The lowest BCUT2D eigenvalue weighted by Crippen LogP contribution is -2.38. The average Bonchev–Trinajstić information content (AvgIpc) is 2.45. The van der Waals surface area contributed by atoms with Crippen molar-refractivity contribution in [3.63, 3.8) is 0 Å². The van der Waals surface area contributed by atoms with E-state index >= 15 is 0 Å². The van der Waals surface area contributed by atoms with E-state index in [0.29, 0.717) is 11.3 Å². The van der Waals surface area contributed by atoms with Crippen molar-refractivity contribution in [1.29, 1.82) is 0 Å². The zero-order chi connectivity index (χ0) is 16.2. The highest BCUT2D eigenvalue weighted by atomic mass is 19.4. The molecule has 3 nitrogen and oxygen atoms in total. The minimum absolute atomic E-state index is 0.0141. The molecule has 0 atom stereocenters. The molecule has 22 heavy (non-hydrogen) atoms. The summed E-state index contributed by atoms with van der Waals surface area (Å²) in [5.41, 5.74) is 1.23. The number of aryl methyl sites for hydroxylation is 1. The van der Waals surface area contributed by atoms with Crippen molar-refractivity contribution in [2.24, 2.45) is 0 Å². The van der Waals surface area contributed by atoms with Crippen LogP contribution in [0.2, 0.25) is 0 Å². The van der Waals surface area contributed by atoms with Crippen molar-refractivity contribution in [2.45, 2.75) is 19.6 Å². The van der Waals surface area contributed by atoms with Gasteiger partial charge in [-0.25, -0.2) is 4.98 Å². The first-order valence-corrected chi connectivity index (χ1v) is 6.69. The van der Waals surface area contributed by atoms with Gasteiger partial charge in [0.1, 0.15) is 12.2 Å². The first-order chi connectivity index (χ1) is 10.3. The molecule has 6 heteroatoms. The third kappa shape index (κ3) is 4.58. The highest BCUT2D eigenvalue weighted by molar-refractivity contribution is 5.92. The molecular weight excluding hydrogens is 293 g/mol. The number of alkyl halides is 3. The van der Waals surface area contributed by atoms with Gasteiger partial charge in [-0.3, -0.25) is 4.79 Å². The number of rotatable bonds is 4. The molecule has 0 spiro atoms. The molecule has 2 aromatic rings. The number of carbonyl (C=O) groups is 1. The van der Waals surface area contributed by atoms with Gasteiger partial charge in [0.15, 0.2) is 0 Å². The van der Waals surface area contributed by atoms with Crippen molar-refractivity contribution < 1.29 is 18.0 Å². The third-order valence-corrected chi connectivity index (χ3v) is 2.98. The largest absolute Gasteiger partial charge is 0.406 e. The first-order valence-electron chi connectivity index (χ1n) is 6.69. The fraction of sp³-hybridized carbons (Fsp3) is 0.250. The number of pyridine rings is 1. The molecule has 0 bridgehead atoms. The van der Waals surface area contributed by atoms with Gasteiger partial charge in [0.2, 0.25) is 0 Å². The Morgan fingerprint density at radius 3 is 2.36 bits per heavy atom. The SMILES string of the molecule is Cc1cccc(C(=O)N(Cc2ccccc2)CC(F)(F)F)n1. The van der Waals surface area contributed by atoms with E-state index in [0.717, 1.165) is 4.90 Å². The van der Waals surface area contributed by atoms with Gasteiger partial charge in [0, 0.05) is 12.2 Å². The molecule has 0 unspecified atom stereocenters. The Hall–Kier alpha value is -2.37. The molecule has 0 aliphatic carbocycles. The molecule has 0 N–H and O–H groups in total. The van der Waals surface area contributed by atoms with Crippen LogP contribution in [-0.2, 0) is 6.54 Å². The summed E-state index contributed by atoms with van der Waals surface area (Å²) in [6, 6.07) is 13.3. The number of carbonyl (C=O) groups excluding carboxylic acids is 1. The zero-order valence-corrected chi connectivity index (χ0v) is 12.0. The standard InChI is InChI=1S/C16H15F3N2O/c1-12-6-5-9-14(20-12)15(22)21(11-16(17,18)19)10-13-7-3-2-4-8-13/h2-9H,10-11H2,1H3. The third-order valence-electron chi connectivity index (χ3n) is 2.98. The second-order valence-electron chi connectivity index (χ2n) is 4.93. The molecule has 1 amide bonds. The number of benzene rings is 1. The molecule has 0 fully saturated rings. The number of hydrogen-bond acceptors (Lipinski definition) is 2. The van der Waals surface area contributed by atoms with E-state index in [9.17, 15) is 18.0 Å². The van der Waals surface area contributed by atoms with E-state index < -0.39 is 18.6 Å². The smallest absolute Gasteiger partial charge is 0.324 e. The Kier molecular flexibility index (Phi) is 4.80. The minimum atomic E-state index is -4.46. The van der Waals surface area contributed by atoms with Crippen LogP contribution < -0.4 is 0 Å². The van der Waals surface area contributed by atoms with Crippen LogP contribution in [0.4, 0.5) is 13.2 Å². The fourth-order valence-electron chi connectivity index (χ4n) is 2.04. The maximum Gasteiger partial charge on any atom is 0.406 e. The summed E-state index contributed by atoms with van der Waals surface area (Å²) < 4.78 is 38.2. The van der Waals surface area contributed by atoms with Gasteiger partial charge < -0.3 is 4.90 Å². The monoisotopic (exact) mass is 308 g/mol. The predicted molar refractivity (Wildman–Crippen MR) is 76.2 cm³/mol. The van der Waals surface area contributed by atoms with Crippen molar-refractivity contribution in [2.75, 3.05) is 6.54 Å². The van der Waals surface area contributed by atoms with E-state index in [1.54, 1.807) is 49.4 Å². The second kappa shape index (κ2) is 6.60. The summed E-state index contributed by atoms with van der Waals surface area (Å²) in [5, 5.41) is 0. The molecule has 0 saturated carbocycles. The highest BCUT2D eigenvalue weighted by Crippen LogP contribution is 2.19. The minimum Gasteiger partial charge on any atom is -0.324 e. The van der Waals surface area contributed by atoms with Gasteiger partial charge >= 0.3 is 6.18 Å².